The zero-order valence-corrected chi connectivity index (χ0v) is 11.5. The van der Waals surface area contributed by atoms with Crippen LogP contribution >= 0.6 is 11.3 Å². The molecule has 4 N–H and O–H groups in total. The number of rotatable bonds is 6. The molecule has 0 saturated heterocycles. The van der Waals surface area contributed by atoms with Crippen LogP contribution in [0.1, 0.15) is 26.7 Å². The van der Waals surface area contributed by atoms with E-state index < -0.39 is 0 Å². The number of hydrazine groups is 1. The molecule has 0 radical (unpaired) electrons. The summed E-state index contributed by atoms with van der Waals surface area (Å²) in [6.45, 7) is 5.35. The van der Waals surface area contributed by atoms with Crippen LogP contribution in [0, 0.1) is 5.92 Å². The van der Waals surface area contributed by atoms with E-state index in [1.165, 1.54) is 12.8 Å². The lowest BCUT2D eigenvalue weighted by atomic mass is 10.0. The van der Waals surface area contributed by atoms with Crippen LogP contribution in [0.3, 0.4) is 0 Å². The largest absolute Gasteiger partial charge is 0.369 e. The second-order valence-corrected chi connectivity index (χ2v) is 5.14. The van der Waals surface area contributed by atoms with Crippen LogP contribution < -0.4 is 16.6 Å². The number of nitrogen functional groups attached to an aromatic ring is 1. The minimum atomic E-state index is 0.456. The lowest BCUT2D eigenvalue weighted by molar-refractivity contribution is 0.518. The fourth-order valence-corrected chi connectivity index (χ4v) is 2.64. The van der Waals surface area contributed by atoms with Gasteiger partial charge < -0.3 is 5.32 Å². The van der Waals surface area contributed by atoms with E-state index in [1.54, 1.807) is 11.3 Å². The Labute approximate surface area is 111 Å². The summed E-state index contributed by atoms with van der Waals surface area (Å²) in [6, 6.07) is 2.04. The van der Waals surface area contributed by atoms with Gasteiger partial charge in [0.15, 0.2) is 0 Å². The number of thiophene rings is 1. The zero-order valence-electron chi connectivity index (χ0n) is 10.7. The van der Waals surface area contributed by atoms with Crippen LogP contribution in [-0.4, -0.2) is 16.5 Å². The summed E-state index contributed by atoms with van der Waals surface area (Å²) in [5.74, 6) is 7.38. The van der Waals surface area contributed by atoms with E-state index >= 15 is 0 Å². The van der Waals surface area contributed by atoms with Crippen molar-refractivity contribution in [2.75, 3.05) is 17.3 Å². The first-order valence-electron chi connectivity index (χ1n) is 6.24. The van der Waals surface area contributed by atoms with Crippen molar-refractivity contribution in [3.8, 4) is 0 Å². The molecule has 0 fully saturated rings. The average Bonchev–Trinajstić information content (AvgIpc) is 2.87. The molecule has 0 aliphatic heterocycles. The highest BCUT2D eigenvalue weighted by molar-refractivity contribution is 7.16. The molecule has 2 aromatic heterocycles. The Morgan fingerprint density at radius 3 is 2.78 bits per heavy atom. The van der Waals surface area contributed by atoms with Crippen LogP contribution in [0.5, 0.6) is 0 Å². The van der Waals surface area contributed by atoms with Crippen LogP contribution in [0.25, 0.3) is 10.2 Å². The van der Waals surface area contributed by atoms with Crippen molar-refractivity contribution < 1.29 is 0 Å². The second kappa shape index (κ2) is 5.97. The van der Waals surface area contributed by atoms with Crippen LogP contribution in [-0.2, 0) is 0 Å². The predicted molar refractivity (Wildman–Crippen MR) is 77.8 cm³/mol. The van der Waals surface area contributed by atoms with E-state index in [2.05, 4.69) is 34.6 Å². The molecule has 6 heteroatoms. The maximum absolute atomic E-state index is 5.39. The third-order valence-electron chi connectivity index (χ3n) is 3.17. The number of nitrogens with one attached hydrogen (secondary N) is 2. The molecule has 0 aliphatic carbocycles. The van der Waals surface area contributed by atoms with Gasteiger partial charge in [-0.25, -0.2) is 10.8 Å². The van der Waals surface area contributed by atoms with Crippen molar-refractivity contribution in [2.45, 2.75) is 26.7 Å². The molecule has 2 aromatic rings. The number of hydrogen-bond acceptors (Lipinski definition) is 6. The first-order chi connectivity index (χ1) is 8.78. The van der Waals surface area contributed by atoms with Gasteiger partial charge in [-0.05, 0) is 17.4 Å². The summed E-state index contributed by atoms with van der Waals surface area (Å²) in [5, 5.41) is 6.49. The van der Waals surface area contributed by atoms with Gasteiger partial charge >= 0.3 is 0 Å². The summed E-state index contributed by atoms with van der Waals surface area (Å²) < 4.78 is 0. The molecule has 0 bridgehead atoms. The Balaban J connectivity index is 2.22. The highest BCUT2D eigenvalue weighted by Crippen LogP contribution is 2.26. The third-order valence-corrected chi connectivity index (χ3v) is 3.97. The molecule has 0 aromatic carbocycles. The van der Waals surface area contributed by atoms with Gasteiger partial charge in [0.25, 0.3) is 0 Å². The molecule has 0 unspecified atom stereocenters. The second-order valence-electron chi connectivity index (χ2n) is 4.24. The number of anilines is 2. The molecule has 0 saturated carbocycles. The van der Waals surface area contributed by atoms with Crippen LogP contribution in [0.15, 0.2) is 11.4 Å². The summed E-state index contributed by atoms with van der Waals surface area (Å²) in [5.41, 5.74) is 2.51. The highest BCUT2D eigenvalue weighted by Gasteiger charge is 2.10. The van der Waals surface area contributed by atoms with Crippen LogP contribution in [0.2, 0.25) is 0 Å². The molecule has 2 heterocycles. The van der Waals surface area contributed by atoms with Gasteiger partial charge in [-0.2, -0.15) is 4.98 Å². The van der Waals surface area contributed by atoms with E-state index in [-0.39, 0.29) is 0 Å². The maximum Gasteiger partial charge on any atom is 0.240 e. The van der Waals surface area contributed by atoms with E-state index in [0.717, 1.165) is 22.6 Å². The van der Waals surface area contributed by atoms with Gasteiger partial charge in [0.05, 0.1) is 5.39 Å². The van der Waals surface area contributed by atoms with Crippen LogP contribution in [0.4, 0.5) is 11.8 Å². The molecule has 98 valence electrons. The van der Waals surface area contributed by atoms with E-state index in [9.17, 15) is 0 Å². The SMILES string of the molecule is CCC(CC)CNc1nc(NN)nc2sccc12. The van der Waals surface area contributed by atoms with Gasteiger partial charge in [0, 0.05) is 6.54 Å². The fourth-order valence-electron chi connectivity index (χ4n) is 1.87. The Kier molecular flexibility index (Phi) is 4.33. The number of nitrogens with two attached hydrogens (primary N) is 1. The molecular weight excluding hydrogens is 246 g/mol. The summed E-state index contributed by atoms with van der Waals surface area (Å²) >= 11 is 1.59. The lowest BCUT2D eigenvalue weighted by Crippen LogP contribution is -2.16. The molecule has 0 spiro atoms. The Morgan fingerprint density at radius 2 is 2.11 bits per heavy atom. The molecule has 2 rings (SSSR count). The van der Waals surface area contributed by atoms with Gasteiger partial charge in [-0.1, -0.05) is 26.7 Å². The smallest absolute Gasteiger partial charge is 0.240 e. The minimum Gasteiger partial charge on any atom is -0.369 e. The molecular formula is C12H19N5S. The van der Waals surface area contributed by atoms with Crippen molar-refractivity contribution in [1.82, 2.24) is 9.97 Å². The molecule has 0 aliphatic rings. The van der Waals surface area contributed by atoms with Gasteiger partial charge in [-0.3, -0.25) is 5.43 Å². The molecule has 5 nitrogen and oxygen atoms in total. The standard InChI is InChI=1S/C12H19N5S/c1-3-8(4-2)7-14-10-9-5-6-18-11(9)16-12(15-10)17-13/h5-6,8H,3-4,7,13H2,1-2H3,(H2,14,15,16,17). The molecule has 18 heavy (non-hydrogen) atoms. The van der Waals surface area contributed by atoms with Gasteiger partial charge in [0.2, 0.25) is 5.95 Å². The topological polar surface area (TPSA) is 75.9 Å². The highest BCUT2D eigenvalue weighted by atomic mass is 32.1. The van der Waals surface area contributed by atoms with Crippen molar-refractivity contribution in [2.24, 2.45) is 11.8 Å². The maximum atomic E-state index is 5.39. The quantitative estimate of drug-likeness (QED) is 0.553. The number of aromatic nitrogens is 2. The predicted octanol–water partition coefficient (Wildman–Crippen LogP) is 2.83. The Morgan fingerprint density at radius 1 is 1.33 bits per heavy atom. The summed E-state index contributed by atoms with van der Waals surface area (Å²) in [7, 11) is 0. The van der Waals surface area contributed by atoms with E-state index in [0.29, 0.717) is 11.9 Å². The Bertz CT molecular complexity index is 506. The normalized spacial score (nSPS) is 11.1. The molecule has 0 amide bonds. The van der Waals surface area contributed by atoms with Crippen molar-refractivity contribution >= 4 is 33.3 Å². The van der Waals surface area contributed by atoms with Gasteiger partial charge in [0.1, 0.15) is 10.6 Å². The number of hydrogen-bond donors (Lipinski definition) is 3. The number of fused-ring (bicyclic) bond motifs is 1. The van der Waals surface area contributed by atoms with E-state index in [4.69, 9.17) is 5.84 Å². The number of nitrogens with zero attached hydrogens (tertiary/aromatic N) is 2. The first kappa shape index (κ1) is 13.0. The minimum absolute atomic E-state index is 0.456. The fraction of sp³-hybridized carbons (Fsp3) is 0.500. The van der Waals surface area contributed by atoms with Gasteiger partial charge in [-0.15, -0.1) is 11.3 Å². The third kappa shape index (κ3) is 2.70. The van der Waals surface area contributed by atoms with Crippen molar-refractivity contribution in [1.29, 1.82) is 0 Å². The average molecular weight is 265 g/mol. The Hall–Kier alpha value is -1.40. The summed E-state index contributed by atoms with van der Waals surface area (Å²) in [6.07, 6.45) is 2.34. The first-order valence-corrected chi connectivity index (χ1v) is 7.12. The summed E-state index contributed by atoms with van der Waals surface area (Å²) in [4.78, 5) is 9.64. The van der Waals surface area contributed by atoms with Crippen molar-refractivity contribution in [3.63, 3.8) is 0 Å². The van der Waals surface area contributed by atoms with E-state index in [1.807, 2.05) is 11.4 Å². The lowest BCUT2D eigenvalue weighted by Gasteiger charge is -2.14. The zero-order chi connectivity index (χ0) is 13.0. The monoisotopic (exact) mass is 265 g/mol. The van der Waals surface area contributed by atoms with Crippen molar-refractivity contribution in [3.05, 3.63) is 11.4 Å². The molecule has 0 atom stereocenters.